The predicted octanol–water partition coefficient (Wildman–Crippen LogP) is 9.31. The molecule has 3 fully saturated rings. The molecule has 320 valence electrons. The van der Waals surface area contributed by atoms with E-state index in [2.05, 4.69) is 53.4 Å². The van der Waals surface area contributed by atoms with Gasteiger partial charge in [-0.25, -0.2) is 9.59 Å². The van der Waals surface area contributed by atoms with Crippen molar-refractivity contribution in [3.8, 4) is 0 Å². The zero-order chi connectivity index (χ0) is 42.0. The standard InChI is InChI=1S/C25H38N2O3.C23H34N2O3/c1-25(2,3)30-24(29)26(4)17-19-12-14-21(15-13-19)23(28)27-16-8-11-22(18-27)20-9-6-5-7-10-20;1-23(2,3)28-22(27)24(4)15-17-9-11-19(12-10-17)21(26)25-14-13-18-7-5-6-8-20(18)16-25/h5-7,9-10,19,21-22H,8,11-18H2,1-4H3;5-8,17,19H,9-16H2,1-4H3. The van der Waals surface area contributed by atoms with Gasteiger partial charge in [-0.05, 0) is 141 Å². The third-order valence-corrected chi connectivity index (χ3v) is 12.3. The van der Waals surface area contributed by atoms with Crippen LogP contribution in [0.5, 0.6) is 0 Å². The number of amides is 4. The molecule has 1 unspecified atom stereocenters. The molecule has 1 atom stereocenters. The smallest absolute Gasteiger partial charge is 0.410 e. The number of likely N-dealkylation sites (tertiary alicyclic amines) is 1. The van der Waals surface area contributed by atoms with E-state index in [-0.39, 0.29) is 24.0 Å². The van der Waals surface area contributed by atoms with Crippen LogP contribution in [-0.4, -0.2) is 102 Å². The molecule has 2 saturated carbocycles. The number of nitrogens with zero attached hydrogens (tertiary/aromatic N) is 4. The van der Waals surface area contributed by atoms with Crippen molar-refractivity contribution in [1.29, 1.82) is 0 Å². The topological polar surface area (TPSA) is 99.7 Å². The fourth-order valence-corrected chi connectivity index (χ4v) is 9.16. The van der Waals surface area contributed by atoms with Gasteiger partial charge in [0.25, 0.3) is 0 Å². The van der Waals surface area contributed by atoms with Crippen molar-refractivity contribution in [3.05, 3.63) is 71.3 Å². The molecule has 10 heteroatoms. The molecule has 2 aromatic carbocycles. The van der Waals surface area contributed by atoms with Gasteiger partial charge in [-0.2, -0.15) is 0 Å². The molecule has 0 radical (unpaired) electrons. The van der Waals surface area contributed by atoms with Crippen LogP contribution in [0.2, 0.25) is 0 Å². The average molecular weight is 801 g/mol. The second kappa shape index (κ2) is 20.3. The van der Waals surface area contributed by atoms with Crippen LogP contribution in [0.25, 0.3) is 0 Å². The molecule has 4 aliphatic rings. The quantitative estimate of drug-likeness (QED) is 0.277. The lowest BCUT2D eigenvalue weighted by atomic mass is 9.80. The van der Waals surface area contributed by atoms with Crippen LogP contribution < -0.4 is 0 Å². The Balaban J connectivity index is 0.000000221. The number of carbonyl (C=O) groups excluding carboxylic acids is 4. The fourth-order valence-electron chi connectivity index (χ4n) is 9.16. The van der Waals surface area contributed by atoms with Crippen molar-refractivity contribution in [3.63, 3.8) is 0 Å². The highest BCUT2D eigenvalue weighted by molar-refractivity contribution is 5.80. The largest absolute Gasteiger partial charge is 0.444 e. The summed E-state index contributed by atoms with van der Waals surface area (Å²) in [7, 11) is 3.61. The van der Waals surface area contributed by atoms with Gasteiger partial charge in [0.2, 0.25) is 11.8 Å². The number of hydrogen-bond donors (Lipinski definition) is 0. The van der Waals surface area contributed by atoms with Crippen LogP contribution in [0.15, 0.2) is 54.6 Å². The molecular weight excluding hydrogens is 729 g/mol. The highest BCUT2D eigenvalue weighted by Gasteiger charge is 2.34. The molecular formula is C48H72N4O6. The summed E-state index contributed by atoms with van der Waals surface area (Å²) in [6.07, 6.45) is 10.4. The normalized spacial score (nSPS) is 23.7. The van der Waals surface area contributed by atoms with Gasteiger partial charge in [-0.3, -0.25) is 9.59 Å². The fraction of sp³-hybridized carbons (Fsp3) is 0.667. The van der Waals surface area contributed by atoms with E-state index >= 15 is 0 Å². The van der Waals surface area contributed by atoms with E-state index in [1.54, 1.807) is 16.8 Å². The van der Waals surface area contributed by atoms with E-state index in [9.17, 15) is 19.2 Å². The molecule has 6 rings (SSSR count). The number of ether oxygens (including phenoxy) is 2. The van der Waals surface area contributed by atoms with Gasteiger partial charge in [-0.1, -0.05) is 54.6 Å². The van der Waals surface area contributed by atoms with E-state index < -0.39 is 11.2 Å². The maximum absolute atomic E-state index is 13.2. The molecule has 0 bridgehead atoms. The molecule has 1 saturated heterocycles. The third-order valence-electron chi connectivity index (χ3n) is 12.3. The summed E-state index contributed by atoms with van der Waals surface area (Å²) in [5.41, 5.74) is 3.07. The van der Waals surface area contributed by atoms with Crippen LogP contribution in [-0.2, 0) is 32.0 Å². The van der Waals surface area contributed by atoms with Crippen LogP contribution >= 0.6 is 0 Å². The number of carbonyl (C=O) groups is 4. The Morgan fingerprint density at radius 3 is 1.57 bits per heavy atom. The molecule has 0 N–H and O–H groups in total. The summed E-state index contributed by atoms with van der Waals surface area (Å²) in [6.45, 7) is 16.0. The number of benzene rings is 2. The van der Waals surface area contributed by atoms with Gasteiger partial charge in [0.15, 0.2) is 0 Å². The monoisotopic (exact) mass is 801 g/mol. The Morgan fingerprint density at radius 1 is 0.603 bits per heavy atom. The van der Waals surface area contributed by atoms with Crippen molar-refractivity contribution < 1.29 is 28.7 Å². The molecule has 2 aromatic rings. The van der Waals surface area contributed by atoms with Gasteiger partial charge in [0.05, 0.1) is 0 Å². The van der Waals surface area contributed by atoms with E-state index in [0.29, 0.717) is 42.7 Å². The van der Waals surface area contributed by atoms with Gasteiger partial charge >= 0.3 is 12.2 Å². The Labute approximate surface area is 349 Å². The number of hydrogen-bond acceptors (Lipinski definition) is 6. The first-order valence-corrected chi connectivity index (χ1v) is 22.0. The average Bonchev–Trinajstić information content (AvgIpc) is 3.20. The summed E-state index contributed by atoms with van der Waals surface area (Å²) in [6, 6.07) is 19.0. The Bertz CT molecular complexity index is 1650. The van der Waals surface area contributed by atoms with Crippen molar-refractivity contribution in [2.24, 2.45) is 23.7 Å². The molecule has 10 nitrogen and oxygen atoms in total. The summed E-state index contributed by atoms with van der Waals surface area (Å²) >= 11 is 0. The second-order valence-corrected chi connectivity index (χ2v) is 19.5. The number of fused-ring (bicyclic) bond motifs is 1. The molecule has 58 heavy (non-hydrogen) atoms. The minimum Gasteiger partial charge on any atom is -0.444 e. The van der Waals surface area contributed by atoms with Gasteiger partial charge in [-0.15, -0.1) is 0 Å². The first-order valence-electron chi connectivity index (χ1n) is 22.0. The van der Waals surface area contributed by atoms with Crippen molar-refractivity contribution in [2.75, 3.05) is 46.8 Å². The van der Waals surface area contributed by atoms with Gasteiger partial charge in [0, 0.05) is 71.1 Å². The molecule has 4 amide bonds. The summed E-state index contributed by atoms with van der Waals surface area (Å²) in [4.78, 5) is 58.0. The maximum Gasteiger partial charge on any atom is 0.410 e. The second-order valence-electron chi connectivity index (χ2n) is 19.5. The maximum atomic E-state index is 13.2. The Kier molecular flexibility index (Phi) is 15.7. The lowest BCUT2D eigenvalue weighted by molar-refractivity contribution is -0.138. The lowest BCUT2D eigenvalue weighted by Gasteiger charge is -2.37. The Morgan fingerprint density at radius 2 is 1.07 bits per heavy atom. The Hall–Kier alpha value is -4.08. The van der Waals surface area contributed by atoms with E-state index in [1.807, 2.05) is 59.6 Å². The van der Waals surface area contributed by atoms with E-state index in [1.165, 1.54) is 16.7 Å². The first kappa shape index (κ1) is 45.0. The van der Waals surface area contributed by atoms with Crippen LogP contribution in [0.3, 0.4) is 0 Å². The minimum atomic E-state index is -0.471. The first-order chi connectivity index (χ1) is 27.5. The number of rotatable bonds is 7. The van der Waals surface area contributed by atoms with Crippen LogP contribution in [0.4, 0.5) is 9.59 Å². The van der Waals surface area contributed by atoms with Crippen molar-refractivity contribution in [1.82, 2.24) is 19.6 Å². The van der Waals surface area contributed by atoms with Gasteiger partial charge in [0.1, 0.15) is 11.2 Å². The molecule has 0 aromatic heterocycles. The van der Waals surface area contributed by atoms with Crippen molar-refractivity contribution in [2.45, 2.75) is 136 Å². The minimum absolute atomic E-state index is 0.133. The summed E-state index contributed by atoms with van der Waals surface area (Å²) in [5, 5.41) is 0. The van der Waals surface area contributed by atoms with E-state index in [0.717, 1.165) is 96.8 Å². The lowest BCUT2D eigenvalue weighted by Crippen LogP contribution is -2.44. The molecule has 0 spiro atoms. The highest BCUT2D eigenvalue weighted by atomic mass is 16.6. The molecule has 2 heterocycles. The molecule has 2 aliphatic heterocycles. The number of piperidine rings is 1. The highest BCUT2D eigenvalue weighted by Crippen LogP contribution is 2.35. The SMILES string of the molecule is CN(CC1CCC(C(=O)N2CCCC(c3ccccc3)C2)CC1)C(=O)OC(C)(C)C.CN(CC1CCC(C(=O)N2CCc3ccccc3C2)CC1)C(=O)OC(C)(C)C. The third kappa shape index (κ3) is 13.5. The molecule has 2 aliphatic carbocycles. The predicted molar refractivity (Wildman–Crippen MR) is 229 cm³/mol. The van der Waals surface area contributed by atoms with E-state index in [4.69, 9.17) is 9.47 Å². The van der Waals surface area contributed by atoms with Crippen LogP contribution in [0, 0.1) is 23.7 Å². The van der Waals surface area contributed by atoms with Crippen molar-refractivity contribution >= 4 is 24.0 Å². The zero-order valence-electron chi connectivity index (χ0n) is 36.8. The van der Waals surface area contributed by atoms with Crippen LogP contribution in [0.1, 0.15) is 128 Å². The van der Waals surface area contributed by atoms with Gasteiger partial charge < -0.3 is 29.1 Å². The summed E-state index contributed by atoms with van der Waals surface area (Å²) < 4.78 is 10.9. The zero-order valence-corrected chi connectivity index (χ0v) is 36.8. The summed E-state index contributed by atoms with van der Waals surface area (Å²) in [5.74, 6) is 2.29.